The van der Waals surface area contributed by atoms with E-state index in [1.165, 1.54) is 0 Å². The zero-order valence-corrected chi connectivity index (χ0v) is 23.4. The van der Waals surface area contributed by atoms with E-state index in [2.05, 4.69) is 9.97 Å². The zero-order valence-electron chi connectivity index (χ0n) is 23.4. The zero-order chi connectivity index (χ0) is 29.7. The summed E-state index contributed by atoms with van der Waals surface area (Å²) in [4.78, 5) is 17.3. The Balaban J connectivity index is 1.60. The van der Waals surface area contributed by atoms with Gasteiger partial charge in [0.25, 0.3) is 0 Å². The van der Waals surface area contributed by atoms with Crippen molar-refractivity contribution in [3.8, 4) is 45.0 Å². The number of nitrogens with one attached hydrogen (secondary N) is 2. The van der Waals surface area contributed by atoms with Crippen LogP contribution in [0.15, 0.2) is 97.1 Å². The molecule has 9 rings (SSSR count). The van der Waals surface area contributed by atoms with Crippen molar-refractivity contribution in [3.63, 3.8) is 0 Å². The molecule has 2 aliphatic rings. The van der Waals surface area contributed by atoms with E-state index in [9.17, 15) is 0 Å². The normalized spacial score (nSPS) is 12.0. The van der Waals surface area contributed by atoms with E-state index in [0.29, 0.717) is 45.5 Å². The van der Waals surface area contributed by atoms with Crippen LogP contribution in [-0.2, 0) is 0 Å². The van der Waals surface area contributed by atoms with Crippen LogP contribution in [0.3, 0.4) is 0 Å². The molecule has 0 radical (unpaired) electrons. The number of nitrogen functional groups attached to an aromatic ring is 4. The minimum absolute atomic E-state index is 0.498. The average Bonchev–Trinajstić information content (AvgIpc) is 3.84. The van der Waals surface area contributed by atoms with Crippen LogP contribution in [-0.4, -0.2) is 19.9 Å². The van der Waals surface area contributed by atoms with Gasteiger partial charge in [-0.3, -0.25) is 0 Å². The molecule has 0 atom stereocenters. The molecule has 4 aromatic carbocycles. The van der Waals surface area contributed by atoms with Crippen molar-refractivity contribution >= 4 is 66.4 Å². The number of anilines is 4. The second kappa shape index (κ2) is 8.62. The third-order valence-electron chi connectivity index (χ3n) is 8.85. The molecular formula is C36H26N8. The number of hydrogen-bond donors (Lipinski definition) is 6. The van der Waals surface area contributed by atoms with Crippen LogP contribution in [0.1, 0.15) is 0 Å². The molecule has 3 aromatic heterocycles. The molecule has 5 heterocycles. The van der Waals surface area contributed by atoms with Crippen LogP contribution in [0.25, 0.3) is 88.6 Å². The summed E-state index contributed by atoms with van der Waals surface area (Å²) >= 11 is 0. The van der Waals surface area contributed by atoms with Crippen molar-refractivity contribution in [2.75, 3.05) is 22.9 Å². The maximum Gasteiger partial charge on any atom is 0.0968 e. The molecule has 8 bridgehead atoms. The van der Waals surface area contributed by atoms with Gasteiger partial charge < -0.3 is 32.9 Å². The number of aromatic amines is 2. The van der Waals surface area contributed by atoms with Crippen LogP contribution in [0.5, 0.6) is 0 Å². The number of nitrogens with zero attached hydrogens (tertiary/aromatic N) is 2. The van der Waals surface area contributed by atoms with Crippen LogP contribution in [0.4, 0.5) is 22.7 Å². The van der Waals surface area contributed by atoms with E-state index in [0.717, 1.165) is 65.9 Å². The van der Waals surface area contributed by atoms with E-state index >= 15 is 0 Å². The van der Waals surface area contributed by atoms with Crippen molar-refractivity contribution < 1.29 is 0 Å². The SMILES string of the molecule is Nc1c2nc(c(N)c3[nH]c(c(N)c4nc(c(N)c5[nH]c1c1ccccc51)-c1ccccc1-4)c1ccccc31)-c1ccccc1-2. The summed E-state index contributed by atoms with van der Waals surface area (Å²) in [7, 11) is 0. The predicted molar refractivity (Wildman–Crippen MR) is 183 cm³/mol. The average molecular weight is 571 g/mol. The third kappa shape index (κ3) is 3.11. The highest BCUT2D eigenvalue weighted by atomic mass is 14.9. The Morgan fingerprint density at radius 3 is 0.818 bits per heavy atom. The highest BCUT2D eigenvalue weighted by Crippen LogP contribution is 2.47. The van der Waals surface area contributed by atoms with Crippen LogP contribution >= 0.6 is 0 Å². The molecule has 0 fully saturated rings. The molecule has 0 saturated carbocycles. The first-order valence-corrected chi connectivity index (χ1v) is 14.4. The minimum Gasteiger partial charge on any atom is -0.395 e. The largest absolute Gasteiger partial charge is 0.395 e. The summed E-state index contributed by atoms with van der Waals surface area (Å²) in [6.45, 7) is 0. The lowest BCUT2D eigenvalue weighted by atomic mass is 10.0. The highest BCUT2D eigenvalue weighted by molar-refractivity contribution is 6.19. The highest BCUT2D eigenvalue weighted by Gasteiger charge is 2.25. The van der Waals surface area contributed by atoms with Gasteiger partial charge in [0, 0.05) is 43.8 Å². The smallest absolute Gasteiger partial charge is 0.0968 e. The van der Waals surface area contributed by atoms with Gasteiger partial charge in [-0.15, -0.1) is 0 Å². The molecule has 10 N–H and O–H groups in total. The van der Waals surface area contributed by atoms with Gasteiger partial charge in [-0.25, -0.2) is 9.97 Å². The molecular weight excluding hydrogens is 544 g/mol. The Morgan fingerprint density at radius 2 is 0.568 bits per heavy atom. The number of aromatic nitrogens is 4. The molecule has 0 amide bonds. The Labute approximate surface area is 251 Å². The van der Waals surface area contributed by atoms with Gasteiger partial charge in [0.05, 0.1) is 67.6 Å². The Hall–Kier alpha value is -6.28. The van der Waals surface area contributed by atoms with Gasteiger partial charge in [-0.2, -0.15) is 0 Å². The molecule has 210 valence electrons. The fourth-order valence-electron chi connectivity index (χ4n) is 6.76. The first-order valence-electron chi connectivity index (χ1n) is 14.4. The van der Waals surface area contributed by atoms with Crippen molar-refractivity contribution in [1.29, 1.82) is 0 Å². The molecule has 0 saturated heterocycles. The summed E-state index contributed by atoms with van der Waals surface area (Å²) in [6, 6.07) is 32.1. The van der Waals surface area contributed by atoms with E-state index in [4.69, 9.17) is 32.9 Å². The number of hydrogen-bond acceptors (Lipinski definition) is 6. The molecule has 0 unspecified atom stereocenters. The van der Waals surface area contributed by atoms with Gasteiger partial charge >= 0.3 is 0 Å². The minimum atomic E-state index is 0.498. The Bertz CT molecular complexity index is 2210. The van der Waals surface area contributed by atoms with E-state index < -0.39 is 0 Å². The lowest BCUT2D eigenvalue weighted by Crippen LogP contribution is -1.92. The maximum absolute atomic E-state index is 7.02. The van der Waals surface area contributed by atoms with Crippen LogP contribution in [0, 0.1) is 0 Å². The fourth-order valence-corrected chi connectivity index (χ4v) is 6.76. The fraction of sp³-hybridized carbons (Fsp3) is 0. The van der Waals surface area contributed by atoms with Gasteiger partial charge in [0.1, 0.15) is 0 Å². The Kier molecular flexibility index (Phi) is 4.77. The second-order valence-corrected chi connectivity index (χ2v) is 11.2. The molecule has 7 aromatic rings. The molecule has 0 aliphatic carbocycles. The topological polar surface area (TPSA) is 161 Å². The quantitative estimate of drug-likeness (QED) is 0.110. The van der Waals surface area contributed by atoms with Gasteiger partial charge in [-0.1, -0.05) is 97.1 Å². The van der Waals surface area contributed by atoms with Crippen LogP contribution < -0.4 is 22.9 Å². The number of H-pyrrole nitrogens is 2. The van der Waals surface area contributed by atoms with Crippen molar-refractivity contribution in [2.24, 2.45) is 0 Å². The standard InChI is InChI=1S/C36H26N8/c37-25-29-17-9-1-2-10-18(17)30(41-29)26(38)32-21-13-5-6-14-22(21)34(43-32)28(40)36-24-16-8-7-15-23(24)35(44-36)27(39)33-20-12-4-3-11-19(20)31(25)42-33/h1-16,41,44H,37-40H2. The molecule has 0 spiro atoms. The summed E-state index contributed by atoms with van der Waals surface area (Å²) < 4.78 is 0. The molecule has 2 aliphatic heterocycles. The van der Waals surface area contributed by atoms with Gasteiger partial charge in [0.2, 0.25) is 0 Å². The van der Waals surface area contributed by atoms with Crippen molar-refractivity contribution in [3.05, 3.63) is 97.1 Å². The number of fused-ring (bicyclic) bond motifs is 20. The summed E-state index contributed by atoms with van der Waals surface area (Å²) in [5, 5.41) is 3.72. The molecule has 8 heteroatoms. The van der Waals surface area contributed by atoms with E-state index in [-0.39, 0.29) is 0 Å². The first kappa shape index (κ1) is 24.3. The number of benzene rings is 4. The predicted octanol–water partition coefficient (Wildman–Crippen LogP) is 7.62. The lowest BCUT2D eigenvalue weighted by molar-refractivity contribution is 1.40. The summed E-state index contributed by atoms with van der Waals surface area (Å²) in [5.41, 5.74) is 39.2. The molecule has 44 heavy (non-hydrogen) atoms. The van der Waals surface area contributed by atoms with Crippen LogP contribution in [0.2, 0.25) is 0 Å². The van der Waals surface area contributed by atoms with Crippen molar-refractivity contribution in [1.82, 2.24) is 19.9 Å². The Morgan fingerprint density at radius 1 is 0.341 bits per heavy atom. The maximum atomic E-state index is 7.02. The monoisotopic (exact) mass is 570 g/mol. The number of rotatable bonds is 0. The number of nitrogens with two attached hydrogens (primary N) is 4. The summed E-state index contributed by atoms with van der Waals surface area (Å²) in [5.74, 6) is 0. The summed E-state index contributed by atoms with van der Waals surface area (Å²) in [6.07, 6.45) is 0. The van der Waals surface area contributed by atoms with E-state index in [1.54, 1.807) is 0 Å². The first-order chi connectivity index (χ1) is 21.5. The molecule has 8 nitrogen and oxygen atoms in total. The van der Waals surface area contributed by atoms with Gasteiger partial charge in [-0.05, 0) is 0 Å². The second-order valence-electron chi connectivity index (χ2n) is 11.2. The third-order valence-corrected chi connectivity index (χ3v) is 8.85. The lowest BCUT2D eigenvalue weighted by Gasteiger charge is -2.03. The van der Waals surface area contributed by atoms with E-state index in [1.807, 2.05) is 97.1 Å². The van der Waals surface area contributed by atoms with Crippen molar-refractivity contribution in [2.45, 2.75) is 0 Å². The van der Waals surface area contributed by atoms with Gasteiger partial charge in [0.15, 0.2) is 0 Å².